The van der Waals surface area contributed by atoms with E-state index in [0.717, 1.165) is 21.8 Å². The van der Waals surface area contributed by atoms with E-state index in [1.165, 1.54) is 4.88 Å². The molecular formula is C28H34N2O4S. The van der Waals surface area contributed by atoms with E-state index in [9.17, 15) is 9.59 Å². The first kappa shape index (κ1) is 26.4. The molecule has 35 heavy (non-hydrogen) atoms. The average molecular weight is 495 g/mol. The number of nitrogens with zero attached hydrogens (tertiary/aromatic N) is 2. The van der Waals surface area contributed by atoms with Gasteiger partial charge in [0, 0.05) is 36.6 Å². The number of benzene rings is 2. The van der Waals surface area contributed by atoms with Crippen molar-refractivity contribution in [1.29, 1.82) is 0 Å². The summed E-state index contributed by atoms with van der Waals surface area (Å²) in [5, 5.41) is 0. The van der Waals surface area contributed by atoms with Gasteiger partial charge in [-0.3, -0.25) is 9.59 Å². The second-order valence-corrected chi connectivity index (χ2v) is 9.81. The smallest absolute Gasteiger partial charge is 0.242 e. The number of hydrogen-bond acceptors (Lipinski definition) is 5. The van der Waals surface area contributed by atoms with E-state index in [4.69, 9.17) is 9.47 Å². The summed E-state index contributed by atoms with van der Waals surface area (Å²) in [5.41, 5.74) is 1.94. The monoisotopic (exact) mass is 494 g/mol. The molecule has 0 fully saturated rings. The normalized spacial score (nSPS) is 10.7. The molecule has 3 rings (SSSR count). The minimum atomic E-state index is -0.0775. The predicted octanol–water partition coefficient (Wildman–Crippen LogP) is 4.70. The molecule has 0 aliphatic rings. The minimum absolute atomic E-state index is 0.0376. The van der Waals surface area contributed by atoms with Crippen LogP contribution >= 0.6 is 11.3 Å². The van der Waals surface area contributed by atoms with E-state index < -0.39 is 0 Å². The summed E-state index contributed by atoms with van der Waals surface area (Å²) in [7, 11) is 3.25. The molecule has 0 aliphatic heterocycles. The number of hydrogen-bond donors (Lipinski definition) is 0. The first-order valence-electron chi connectivity index (χ1n) is 11.7. The lowest BCUT2D eigenvalue weighted by molar-refractivity contribution is -0.141. The van der Waals surface area contributed by atoms with Gasteiger partial charge in [0.15, 0.2) is 0 Å². The molecule has 0 bridgehead atoms. The second-order valence-electron chi connectivity index (χ2n) is 8.43. The van der Waals surface area contributed by atoms with E-state index in [2.05, 4.69) is 19.1 Å². The molecule has 0 aliphatic carbocycles. The van der Waals surface area contributed by atoms with Crippen LogP contribution in [0.5, 0.6) is 5.75 Å². The topological polar surface area (TPSA) is 59.1 Å². The molecule has 0 atom stereocenters. The summed E-state index contributed by atoms with van der Waals surface area (Å²) in [5.74, 6) is 0.598. The molecule has 0 N–H and O–H groups in total. The number of ether oxygens (including phenoxy) is 2. The third-order valence-electron chi connectivity index (χ3n) is 5.68. The van der Waals surface area contributed by atoms with Crippen LogP contribution in [0.3, 0.4) is 0 Å². The highest BCUT2D eigenvalue weighted by Gasteiger charge is 2.22. The van der Waals surface area contributed by atoms with Crippen molar-refractivity contribution < 1.29 is 19.1 Å². The molecule has 2 amide bonds. The van der Waals surface area contributed by atoms with Crippen LogP contribution in [-0.4, -0.2) is 55.5 Å². The Morgan fingerprint density at radius 2 is 1.57 bits per heavy atom. The number of amides is 2. The molecule has 2 aromatic carbocycles. The summed E-state index contributed by atoms with van der Waals surface area (Å²) in [6, 6.07) is 21.5. The second kappa shape index (κ2) is 13.7. The van der Waals surface area contributed by atoms with Crippen molar-refractivity contribution in [2.75, 3.05) is 33.9 Å². The molecule has 0 radical (unpaired) electrons. The maximum Gasteiger partial charge on any atom is 0.242 e. The van der Waals surface area contributed by atoms with E-state index in [1.54, 1.807) is 30.5 Å². The Labute approximate surface area is 212 Å². The van der Waals surface area contributed by atoms with Gasteiger partial charge in [-0.25, -0.2) is 0 Å². The highest BCUT2D eigenvalue weighted by atomic mass is 32.1. The van der Waals surface area contributed by atoms with Crippen LogP contribution in [0, 0.1) is 6.92 Å². The standard InChI is InChI=1S/C28H34N2O4S/c1-22-10-15-26(35-22)20-30(19-24-8-5-4-6-9-24)28(32)21-29(16-7-17-33-2)27(31)18-23-11-13-25(34-3)14-12-23/h4-6,8-15H,7,16-21H2,1-3H3. The van der Waals surface area contributed by atoms with Crippen LogP contribution in [-0.2, 0) is 33.8 Å². The summed E-state index contributed by atoms with van der Waals surface area (Å²) in [6.45, 7) is 4.11. The summed E-state index contributed by atoms with van der Waals surface area (Å²) < 4.78 is 10.4. The highest BCUT2D eigenvalue weighted by molar-refractivity contribution is 7.11. The molecule has 3 aromatic rings. The number of carbonyl (C=O) groups is 2. The molecule has 1 heterocycles. The zero-order chi connectivity index (χ0) is 25.0. The molecule has 0 unspecified atom stereocenters. The van der Waals surface area contributed by atoms with E-state index >= 15 is 0 Å². The van der Waals surface area contributed by atoms with Crippen LogP contribution in [0.15, 0.2) is 66.7 Å². The molecule has 0 saturated heterocycles. The van der Waals surface area contributed by atoms with Crippen LogP contribution < -0.4 is 4.74 Å². The van der Waals surface area contributed by atoms with Gasteiger partial charge in [0.2, 0.25) is 11.8 Å². The van der Waals surface area contributed by atoms with Gasteiger partial charge in [-0.1, -0.05) is 42.5 Å². The SMILES string of the molecule is COCCCN(CC(=O)N(Cc1ccccc1)Cc1ccc(C)s1)C(=O)Cc1ccc(OC)cc1. The number of rotatable bonds is 13. The zero-order valence-corrected chi connectivity index (χ0v) is 21.6. The lowest BCUT2D eigenvalue weighted by atomic mass is 10.1. The highest BCUT2D eigenvalue weighted by Crippen LogP contribution is 2.19. The number of thiophene rings is 1. The van der Waals surface area contributed by atoms with Crippen molar-refractivity contribution in [3.8, 4) is 5.75 Å². The summed E-state index contributed by atoms with van der Waals surface area (Å²) in [4.78, 5) is 32.6. The van der Waals surface area contributed by atoms with Crippen molar-refractivity contribution in [2.24, 2.45) is 0 Å². The van der Waals surface area contributed by atoms with Gasteiger partial charge in [0.25, 0.3) is 0 Å². The van der Waals surface area contributed by atoms with Crippen molar-refractivity contribution in [1.82, 2.24) is 9.80 Å². The number of aryl methyl sites for hydroxylation is 1. The van der Waals surface area contributed by atoms with Gasteiger partial charge in [0.1, 0.15) is 5.75 Å². The maximum absolute atomic E-state index is 13.5. The molecule has 7 heteroatoms. The van der Waals surface area contributed by atoms with Gasteiger partial charge in [0.05, 0.1) is 26.6 Å². The van der Waals surface area contributed by atoms with Gasteiger partial charge in [-0.05, 0) is 48.7 Å². The molecular weight excluding hydrogens is 460 g/mol. The third kappa shape index (κ3) is 8.53. The Balaban J connectivity index is 1.74. The Morgan fingerprint density at radius 3 is 2.20 bits per heavy atom. The van der Waals surface area contributed by atoms with Crippen LogP contribution in [0.4, 0.5) is 0 Å². The van der Waals surface area contributed by atoms with Gasteiger partial charge in [-0.15, -0.1) is 11.3 Å². The van der Waals surface area contributed by atoms with Gasteiger partial charge < -0.3 is 19.3 Å². The predicted molar refractivity (Wildman–Crippen MR) is 140 cm³/mol. The number of carbonyl (C=O) groups excluding carboxylic acids is 2. The summed E-state index contributed by atoms with van der Waals surface area (Å²) in [6.07, 6.45) is 0.897. The fraction of sp³-hybridized carbons (Fsp3) is 0.357. The minimum Gasteiger partial charge on any atom is -0.497 e. The fourth-order valence-corrected chi connectivity index (χ4v) is 4.69. The average Bonchev–Trinajstić information content (AvgIpc) is 3.28. The number of methoxy groups -OCH3 is 2. The first-order chi connectivity index (χ1) is 17.0. The van der Waals surface area contributed by atoms with Gasteiger partial charge >= 0.3 is 0 Å². The molecule has 1 aromatic heterocycles. The van der Waals surface area contributed by atoms with Crippen molar-refractivity contribution >= 4 is 23.2 Å². The summed E-state index contributed by atoms with van der Waals surface area (Å²) >= 11 is 1.69. The van der Waals surface area contributed by atoms with E-state index in [1.807, 2.05) is 59.5 Å². The Kier molecular flexibility index (Phi) is 10.3. The van der Waals surface area contributed by atoms with Crippen molar-refractivity contribution in [3.05, 3.63) is 87.6 Å². The Morgan fingerprint density at radius 1 is 0.829 bits per heavy atom. The zero-order valence-electron chi connectivity index (χ0n) is 20.7. The van der Waals surface area contributed by atoms with Crippen molar-refractivity contribution in [2.45, 2.75) is 32.9 Å². The van der Waals surface area contributed by atoms with Crippen LogP contribution in [0.1, 0.15) is 27.3 Å². The Bertz CT molecular complexity index is 1070. The lowest BCUT2D eigenvalue weighted by Gasteiger charge is -2.28. The van der Waals surface area contributed by atoms with Crippen LogP contribution in [0.2, 0.25) is 0 Å². The quantitative estimate of drug-likeness (QED) is 0.323. The third-order valence-corrected chi connectivity index (χ3v) is 6.67. The van der Waals surface area contributed by atoms with Crippen molar-refractivity contribution in [3.63, 3.8) is 0 Å². The molecule has 6 nitrogen and oxygen atoms in total. The molecule has 0 spiro atoms. The van der Waals surface area contributed by atoms with Gasteiger partial charge in [-0.2, -0.15) is 0 Å². The van der Waals surface area contributed by atoms with Crippen LogP contribution in [0.25, 0.3) is 0 Å². The fourth-order valence-electron chi connectivity index (χ4n) is 3.78. The molecule has 186 valence electrons. The molecule has 0 saturated carbocycles. The van der Waals surface area contributed by atoms with E-state index in [-0.39, 0.29) is 24.8 Å². The first-order valence-corrected chi connectivity index (χ1v) is 12.6. The lowest BCUT2D eigenvalue weighted by Crippen LogP contribution is -2.43. The maximum atomic E-state index is 13.5. The van der Waals surface area contributed by atoms with E-state index in [0.29, 0.717) is 32.7 Å². The largest absolute Gasteiger partial charge is 0.497 e. The Hall–Kier alpha value is -3.16.